The van der Waals surface area contributed by atoms with Crippen LogP contribution in [0.25, 0.3) is 0 Å². The molecule has 3 atom stereocenters. The Labute approximate surface area is 183 Å². The molecule has 0 spiro atoms. The minimum atomic E-state index is -3.91. The molecule has 2 N–H and O–H groups in total. The Morgan fingerprint density at radius 1 is 1.03 bits per heavy atom. The van der Waals surface area contributed by atoms with Crippen LogP contribution in [0.15, 0.2) is 60.7 Å². The van der Waals surface area contributed by atoms with Crippen LogP contribution in [0.2, 0.25) is 0 Å². The normalized spacial score (nSPS) is 27.1. The summed E-state index contributed by atoms with van der Waals surface area (Å²) in [5.41, 5.74) is 0.605. The maximum Gasteiger partial charge on any atom is 0.325 e. The molecule has 1 saturated carbocycles. The Hall–Kier alpha value is -2.26. The Bertz CT molecular complexity index is 1010. The van der Waals surface area contributed by atoms with Gasteiger partial charge in [-0.05, 0) is 23.5 Å². The van der Waals surface area contributed by atoms with Gasteiger partial charge in [0.05, 0.1) is 0 Å². The molecule has 31 heavy (non-hydrogen) atoms. The van der Waals surface area contributed by atoms with E-state index in [9.17, 15) is 18.3 Å². The van der Waals surface area contributed by atoms with Gasteiger partial charge < -0.3 is 10.0 Å². The van der Waals surface area contributed by atoms with Crippen molar-refractivity contribution in [2.45, 2.75) is 24.8 Å². The number of carboxylic acids is 1. The molecule has 7 nitrogen and oxygen atoms in total. The molecule has 0 bridgehead atoms. The summed E-state index contributed by atoms with van der Waals surface area (Å²) in [6.45, 7) is 4.62. The SMILES string of the molecule is C[C@@H]1[C@H](c2ccccc2)[C@]1(NS(=O)(=O)N1CCN(CCc2ccccc2)CC1)C(=O)O. The second-order valence-corrected chi connectivity index (χ2v) is 10.1. The number of aliphatic carboxylic acids is 1. The summed E-state index contributed by atoms with van der Waals surface area (Å²) in [5.74, 6) is -1.83. The lowest BCUT2D eigenvalue weighted by atomic mass is 10.1. The smallest absolute Gasteiger partial charge is 0.325 e. The number of nitrogens with zero attached hydrogens (tertiary/aromatic N) is 2. The number of rotatable bonds is 8. The van der Waals surface area contributed by atoms with Crippen molar-refractivity contribution in [1.82, 2.24) is 13.9 Å². The zero-order valence-corrected chi connectivity index (χ0v) is 18.5. The summed E-state index contributed by atoms with van der Waals surface area (Å²) in [4.78, 5) is 14.4. The van der Waals surface area contributed by atoms with Crippen molar-refractivity contribution < 1.29 is 18.3 Å². The van der Waals surface area contributed by atoms with Gasteiger partial charge in [-0.15, -0.1) is 0 Å². The Morgan fingerprint density at radius 3 is 2.19 bits per heavy atom. The highest BCUT2D eigenvalue weighted by Gasteiger charge is 2.70. The molecular formula is C23H29N3O4S. The van der Waals surface area contributed by atoms with Crippen molar-refractivity contribution in [3.05, 3.63) is 71.8 Å². The van der Waals surface area contributed by atoms with Gasteiger partial charge in [0.2, 0.25) is 0 Å². The molecule has 0 unspecified atom stereocenters. The number of nitrogens with one attached hydrogen (secondary N) is 1. The van der Waals surface area contributed by atoms with Gasteiger partial charge in [-0.25, -0.2) is 0 Å². The van der Waals surface area contributed by atoms with Crippen molar-refractivity contribution in [2.75, 3.05) is 32.7 Å². The van der Waals surface area contributed by atoms with Crippen LogP contribution in [0.4, 0.5) is 0 Å². The molecule has 166 valence electrons. The number of carboxylic acid groups (broad SMARTS) is 1. The maximum absolute atomic E-state index is 13.1. The zero-order valence-electron chi connectivity index (χ0n) is 17.6. The number of benzene rings is 2. The summed E-state index contributed by atoms with van der Waals surface area (Å²) >= 11 is 0. The van der Waals surface area contributed by atoms with Crippen LogP contribution in [0.5, 0.6) is 0 Å². The molecular weight excluding hydrogens is 414 g/mol. The van der Waals surface area contributed by atoms with E-state index in [2.05, 4.69) is 21.8 Å². The summed E-state index contributed by atoms with van der Waals surface area (Å²) in [7, 11) is -3.91. The van der Waals surface area contributed by atoms with Crippen molar-refractivity contribution in [3.63, 3.8) is 0 Å². The molecule has 0 radical (unpaired) electrons. The third-order valence-electron chi connectivity index (χ3n) is 6.64. The van der Waals surface area contributed by atoms with Gasteiger partial charge in [0, 0.05) is 38.6 Å². The fraction of sp³-hybridized carbons (Fsp3) is 0.435. The van der Waals surface area contributed by atoms with E-state index in [1.165, 1.54) is 9.87 Å². The second-order valence-electron chi connectivity index (χ2n) is 8.43. The van der Waals surface area contributed by atoms with E-state index in [1.807, 2.05) is 48.5 Å². The van der Waals surface area contributed by atoms with Gasteiger partial charge in [0.15, 0.2) is 0 Å². The monoisotopic (exact) mass is 443 g/mol. The number of piperazine rings is 1. The molecule has 2 fully saturated rings. The molecule has 8 heteroatoms. The van der Waals surface area contributed by atoms with Crippen LogP contribution >= 0.6 is 0 Å². The third kappa shape index (κ3) is 4.39. The fourth-order valence-corrected chi connectivity index (χ4v) is 6.30. The molecule has 4 rings (SSSR count). The average molecular weight is 444 g/mol. The van der Waals surface area contributed by atoms with E-state index in [4.69, 9.17) is 0 Å². The van der Waals surface area contributed by atoms with Crippen LogP contribution in [-0.4, -0.2) is 67.0 Å². The summed E-state index contributed by atoms with van der Waals surface area (Å²) in [6.07, 6.45) is 0.921. The lowest BCUT2D eigenvalue weighted by Crippen LogP contribution is -2.56. The third-order valence-corrected chi connectivity index (χ3v) is 8.28. The van der Waals surface area contributed by atoms with Crippen LogP contribution in [0.1, 0.15) is 24.0 Å². The van der Waals surface area contributed by atoms with Gasteiger partial charge in [-0.3, -0.25) is 4.79 Å². The highest BCUT2D eigenvalue weighted by Crippen LogP contribution is 2.57. The van der Waals surface area contributed by atoms with E-state index in [0.717, 1.165) is 18.5 Å². The molecule has 1 aliphatic heterocycles. The Morgan fingerprint density at radius 2 is 1.61 bits per heavy atom. The standard InChI is InChI=1S/C23H29N3O4S/c1-18-21(20-10-6-3-7-11-20)23(18,22(27)28)24-31(29,30)26-16-14-25(15-17-26)13-12-19-8-4-2-5-9-19/h2-11,18,21,24H,12-17H2,1H3,(H,27,28)/t18-,21-,23+/m1/s1. The number of carbonyl (C=O) groups is 1. The summed E-state index contributed by atoms with van der Waals surface area (Å²) < 4.78 is 30.1. The molecule has 1 heterocycles. The second kappa shape index (κ2) is 8.70. The molecule has 2 aromatic carbocycles. The first-order chi connectivity index (χ1) is 14.8. The highest BCUT2D eigenvalue weighted by atomic mass is 32.2. The minimum Gasteiger partial charge on any atom is -0.480 e. The van der Waals surface area contributed by atoms with E-state index < -0.39 is 21.7 Å². The maximum atomic E-state index is 13.1. The minimum absolute atomic E-state index is 0.325. The van der Waals surface area contributed by atoms with Gasteiger partial charge in [-0.2, -0.15) is 17.4 Å². The van der Waals surface area contributed by atoms with E-state index >= 15 is 0 Å². The van der Waals surface area contributed by atoms with Crippen LogP contribution in [0, 0.1) is 5.92 Å². The molecule has 1 aliphatic carbocycles. The van der Waals surface area contributed by atoms with Crippen molar-refractivity contribution in [2.24, 2.45) is 5.92 Å². The van der Waals surface area contributed by atoms with Crippen molar-refractivity contribution in [1.29, 1.82) is 0 Å². The van der Waals surface area contributed by atoms with Crippen LogP contribution < -0.4 is 4.72 Å². The average Bonchev–Trinajstić information content (AvgIpc) is 3.37. The molecule has 2 aromatic rings. The first-order valence-electron chi connectivity index (χ1n) is 10.7. The Balaban J connectivity index is 1.38. The van der Waals surface area contributed by atoms with E-state index in [0.29, 0.717) is 26.2 Å². The summed E-state index contributed by atoms with van der Waals surface area (Å²) in [5, 5.41) is 9.93. The topological polar surface area (TPSA) is 90.0 Å². The highest BCUT2D eigenvalue weighted by molar-refractivity contribution is 7.87. The van der Waals surface area contributed by atoms with Gasteiger partial charge in [0.1, 0.15) is 5.54 Å². The first kappa shape index (κ1) is 22.0. The van der Waals surface area contributed by atoms with Crippen molar-refractivity contribution in [3.8, 4) is 0 Å². The predicted octanol–water partition coefficient (Wildman–Crippen LogP) is 1.94. The molecule has 0 aromatic heterocycles. The van der Waals surface area contributed by atoms with Gasteiger partial charge in [-0.1, -0.05) is 67.6 Å². The van der Waals surface area contributed by atoms with Gasteiger partial charge in [0.25, 0.3) is 10.2 Å². The first-order valence-corrected chi connectivity index (χ1v) is 12.1. The quantitative estimate of drug-likeness (QED) is 0.651. The van der Waals surface area contributed by atoms with Crippen LogP contribution in [-0.2, 0) is 21.4 Å². The molecule has 0 amide bonds. The van der Waals surface area contributed by atoms with E-state index in [1.54, 1.807) is 6.92 Å². The predicted molar refractivity (Wildman–Crippen MR) is 119 cm³/mol. The van der Waals surface area contributed by atoms with E-state index in [-0.39, 0.29) is 11.8 Å². The fourth-order valence-electron chi connectivity index (χ4n) is 4.70. The van der Waals surface area contributed by atoms with Crippen molar-refractivity contribution >= 4 is 16.2 Å². The molecule has 2 aliphatic rings. The lowest BCUT2D eigenvalue weighted by Gasteiger charge is -2.34. The lowest BCUT2D eigenvalue weighted by molar-refractivity contribution is -0.140. The number of hydrogen-bond donors (Lipinski definition) is 2. The largest absolute Gasteiger partial charge is 0.480 e. The zero-order chi connectivity index (χ0) is 22.1. The Kier molecular flexibility index (Phi) is 6.16. The number of hydrogen-bond acceptors (Lipinski definition) is 4. The summed E-state index contributed by atoms with van der Waals surface area (Å²) in [6, 6.07) is 19.5. The molecule has 1 saturated heterocycles. The van der Waals surface area contributed by atoms with Crippen LogP contribution in [0.3, 0.4) is 0 Å². The van der Waals surface area contributed by atoms with Gasteiger partial charge >= 0.3 is 5.97 Å².